The molecule has 10 atom stereocenters. The van der Waals surface area contributed by atoms with Crippen molar-refractivity contribution >= 4 is 0 Å². The SMILES string of the molecule is OC[C@H]1O[C@H](OC[C@H]2O[C@H](O)[C@H](O)[C@H](O)[C@H]2O)[C@H](O)[C@H](O)[C@H]1O. The van der Waals surface area contributed by atoms with Gasteiger partial charge in [-0.2, -0.15) is 0 Å². The molecular weight excluding hydrogens is 320 g/mol. The topological polar surface area (TPSA) is 190 Å². The highest BCUT2D eigenvalue weighted by molar-refractivity contribution is 4.91. The summed E-state index contributed by atoms with van der Waals surface area (Å²) in [5, 5.41) is 76.1. The number of aliphatic hydroxyl groups is 8. The van der Waals surface area contributed by atoms with Crippen LogP contribution in [0, 0.1) is 0 Å². The quantitative estimate of drug-likeness (QED) is 0.243. The molecular formula is C12H22O11. The van der Waals surface area contributed by atoms with Gasteiger partial charge in [-0.25, -0.2) is 0 Å². The van der Waals surface area contributed by atoms with Gasteiger partial charge in [-0.05, 0) is 0 Å². The van der Waals surface area contributed by atoms with E-state index >= 15 is 0 Å². The number of ether oxygens (including phenoxy) is 3. The lowest BCUT2D eigenvalue weighted by atomic mass is 9.98. The Morgan fingerprint density at radius 1 is 0.652 bits per heavy atom. The molecule has 2 saturated heterocycles. The van der Waals surface area contributed by atoms with Crippen LogP contribution in [0.15, 0.2) is 0 Å². The molecule has 0 amide bonds. The highest BCUT2D eigenvalue weighted by Gasteiger charge is 2.46. The fraction of sp³-hybridized carbons (Fsp3) is 1.00. The molecule has 2 heterocycles. The second-order valence-corrected chi connectivity index (χ2v) is 5.57. The van der Waals surface area contributed by atoms with Crippen molar-refractivity contribution in [3.8, 4) is 0 Å². The van der Waals surface area contributed by atoms with E-state index in [1.165, 1.54) is 0 Å². The maximum Gasteiger partial charge on any atom is 0.186 e. The third-order valence-electron chi connectivity index (χ3n) is 3.96. The van der Waals surface area contributed by atoms with Gasteiger partial charge < -0.3 is 55.1 Å². The van der Waals surface area contributed by atoms with Gasteiger partial charge in [0.2, 0.25) is 0 Å². The van der Waals surface area contributed by atoms with E-state index in [1.807, 2.05) is 0 Å². The molecule has 2 aliphatic heterocycles. The first-order valence-electron chi connectivity index (χ1n) is 7.07. The molecule has 0 aromatic rings. The monoisotopic (exact) mass is 342 g/mol. The predicted molar refractivity (Wildman–Crippen MR) is 68.6 cm³/mol. The van der Waals surface area contributed by atoms with Gasteiger partial charge in [0.05, 0.1) is 13.2 Å². The van der Waals surface area contributed by atoms with Crippen LogP contribution in [0.4, 0.5) is 0 Å². The van der Waals surface area contributed by atoms with E-state index < -0.39 is 74.6 Å². The summed E-state index contributed by atoms with van der Waals surface area (Å²) in [5.41, 5.74) is 0. The van der Waals surface area contributed by atoms with Crippen molar-refractivity contribution < 1.29 is 55.1 Å². The van der Waals surface area contributed by atoms with Crippen LogP contribution < -0.4 is 0 Å². The largest absolute Gasteiger partial charge is 0.394 e. The zero-order valence-corrected chi connectivity index (χ0v) is 12.0. The minimum Gasteiger partial charge on any atom is -0.394 e. The highest BCUT2D eigenvalue weighted by atomic mass is 16.7. The van der Waals surface area contributed by atoms with E-state index in [0.717, 1.165) is 0 Å². The summed E-state index contributed by atoms with van der Waals surface area (Å²) in [6.07, 6.45) is -15.3. The first kappa shape index (κ1) is 18.9. The average molecular weight is 342 g/mol. The Hall–Kier alpha value is -0.440. The Morgan fingerprint density at radius 2 is 1.22 bits per heavy atom. The minimum absolute atomic E-state index is 0.468. The maximum absolute atomic E-state index is 9.78. The minimum atomic E-state index is -1.74. The summed E-state index contributed by atoms with van der Waals surface area (Å²) in [7, 11) is 0. The highest BCUT2D eigenvalue weighted by Crippen LogP contribution is 2.24. The normalized spacial score (nSPS) is 51.7. The van der Waals surface area contributed by atoms with Crippen LogP contribution in [-0.4, -0.2) is 115 Å². The number of hydrogen-bond acceptors (Lipinski definition) is 11. The van der Waals surface area contributed by atoms with Crippen molar-refractivity contribution in [2.45, 2.75) is 61.4 Å². The van der Waals surface area contributed by atoms with Crippen molar-refractivity contribution in [3.63, 3.8) is 0 Å². The average Bonchev–Trinajstić information content (AvgIpc) is 2.54. The first-order valence-corrected chi connectivity index (χ1v) is 7.07. The second-order valence-electron chi connectivity index (χ2n) is 5.57. The molecule has 0 saturated carbocycles. The summed E-state index contributed by atoms with van der Waals surface area (Å²) >= 11 is 0. The van der Waals surface area contributed by atoms with E-state index in [9.17, 15) is 35.7 Å². The number of aliphatic hydroxyl groups excluding tert-OH is 8. The van der Waals surface area contributed by atoms with E-state index in [0.29, 0.717) is 0 Å². The van der Waals surface area contributed by atoms with Crippen molar-refractivity contribution in [2.75, 3.05) is 13.2 Å². The van der Waals surface area contributed by atoms with Crippen molar-refractivity contribution in [2.24, 2.45) is 0 Å². The lowest BCUT2D eigenvalue weighted by molar-refractivity contribution is -0.325. The van der Waals surface area contributed by atoms with Gasteiger partial charge in [-0.1, -0.05) is 0 Å². The van der Waals surface area contributed by atoms with Crippen LogP contribution in [0.5, 0.6) is 0 Å². The maximum atomic E-state index is 9.78. The number of hydrogen-bond donors (Lipinski definition) is 8. The van der Waals surface area contributed by atoms with Crippen molar-refractivity contribution in [1.29, 1.82) is 0 Å². The molecule has 136 valence electrons. The summed E-state index contributed by atoms with van der Waals surface area (Å²) in [4.78, 5) is 0. The fourth-order valence-electron chi connectivity index (χ4n) is 2.46. The van der Waals surface area contributed by atoms with E-state index in [1.54, 1.807) is 0 Å². The van der Waals surface area contributed by atoms with Crippen LogP contribution in [0.3, 0.4) is 0 Å². The summed E-state index contributed by atoms with van der Waals surface area (Å²) in [6.45, 7) is -1.10. The van der Waals surface area contributed by atoms with E-state index in [2.05, 4.69) is 0 Å². The zero-order chi connectivity index (χ0) is 17.3. The third kappa shape index (κ3) is 3.81. The Balaban J connectivity index is 1.94. The third-order valence-corrected chi connectivity index (χ3v) is 3.96. The summed E-state index contributed by atoms with van der Waals surface area (Å²) in [6, 6.07) is 0. The van der Waals surface area contributed by atoms with Gasteiger partial charge in [0.1, 0.15) is 48.8 Å². The Bertz CT molecular complexity index is 380. The van der Waals surface area contributed by atoms with Gasteiger partial charge in [-0.3, -0.25) is 0 Å². The Morgan fingerprint density at radius 3 is 1.83 bits per heavy atom. The summed E-state index contributed by atoms with van der Waals surface area (Å²) < 4.78 is 15.1. The molecule has 2 fully saturated rings. The zero-order valence-electron chi connectivity index (χ0n) is 12.0. The standard InChI is InChI=1S/C12H22O11/c13-1-3-5(14)8(17)10(19)12(23-3)21-2-4-6(15)7(16)9(18)11(20)22-4/h3-20H,1-2H2/t3-,4-,5+,6+,7-,8-,9-,10-,11+,12+/m1/s1. The van der Waals surface area contributed by atoms with E-state index in [4.69, 9.17) is 19.3 Å². The molecule has 11 heteroatoms. The lowest BCUT2D eigenvalue weighted by Crippen LogP contribution is -2.61. The van der Waals surface area contributed by atoms with Crippen molar-refractivity contribution in [3.05, 3.63) is 0 Å². The molecule has 0 bridgehead atoms. The van der Waals surface area contributed by atoms with Gasteiger partial charge >= 0.3 is 0 Å². The first-order chi connectivity index (χ1) is 10.8. The predicted octanol–water partition coefficient (Wildman–Crippen LogP) is -5.40. The molecule has 0 radical (unpaired) electrons. The van der Waals surface area contributed by atoms with Gasteiger partial charge in [0.25, 0.3) is 0 Å². The molecule has 2 aliphatic rings. The molecule has 0 aromatic heterocycles. The molecule has 2 rings (SSSR count). The van der Waals surface area contributed by atoms with Gasteiger partial charge in [0, 0.05) is 0 Å². The smallest absolute Gasteiger partial charge is 0.186 e. The molecule has 0 unspecified atom stereocenters. The van der Waals surface area contributed by atoms with Gasteiger partial charge in [0.15, 0.2) is 12.6 Å². The van der Waals surface area contributed by atoms with Crippen LogP contribution >= 0.6 is 0 Å². The van der Waals surface area contributed by atoms with Crippen LogP contribution in [0.1, 0.15) is 0 Å². The van der Waals surface area contributed by atoms with E-state index in [-0.39, 0.29) is 0 Å². The lowest BCUT2D eigenvalue weighted by Gasteiger charge is -2.41. The molecule has 0 spiro atoms. The Kier molecular flexibility index (Phi) is 6.27. The van der Waals surface area contributed by atoms with Crippen LogP contribution in [0.25, 0.3) is 0 Å². The second kappa shape index (κ2) is 7.63. The van der Waals surface area contributed by atoms with Crippen molar-refractivity contribution in [1.82, 2.24) is 0 Å². The van der Waals surface area contributed by atoms with Gasteiger partial charge in [-0.15, -0.1) is 0 Å². The number of rotatable bonds is 4. The fourth-order valence-corrected chi connectivity index (χ4v) is 2.46. The molecule has 8 N–H and O–H groups in total. The molecule has 11 nitrogen and oxygen atoms in total. The Labute approximate surface area is 130 Å². The van der Waals surface area contributed by atoms with Crippen LogP contribution in [0.2, 0.25) is 0 Å². The van der Waals surface area contributed by atoms with Crippen LogP contribution in [-0.2, 0) is 14.2 Å². The molecule has 23 heavy (non-hydrogen) atoms. The molecule has 0 aliphatic carbocycles. The molecule has 0 aromatic carbocycles. The summed E-state index contributed by atoms with van der Waals surface area (Å²) in [5.74, 6) is 0.